The molecule has 3 aromatic rings. The van der Waals surface area contributed by atoms with Crippen LogP contribution in [0.5, 0.6) is 5.75 Å². The van der Waals surface area contributed by atoms with E-state index in [2.05, 4.69) is 16.8 Å². The topological polar surface area (TPSA) is 47.9 Å². The van der Waals surface area contributed by atoms with Crippen LogP contribution in [-0.2, 0) is 4.74 Å². The fourth-order valence-corrected chi connectivity index (χ4v) is 3.02. The molecular weight excluding hydrogens is 398 g/mol. The molecule has 0 amide bonds. The summed E-state index contributed by atoms with van der Waals surface area (Å²) in [6, 6.07) is 20.4. The van der Waals surface area contributed by atoms with Crippen LogP contribution in [0.3, 0.4) is 0 Å². The second-order valence-corrected chi connectivity index (χ2v) is 7.65. The minimum atomic E-state index is -0.965. The summed E-state index contributed by atoms with van der Waals surface area (Å²) in [5.74, 6) is 5.35. The first kappa shape index (κ1) is 19.8. The highest BCUT2D eigenvalue weighted by molar-refractivity contribution is 6.30. The molecule has 148 valence electrons. The first-order chi connectivity index (χ1) is 14.4. The van der Waals surface area contributed by atoms with E-state index < -0.39 is 11.8 Å². The summed E-state index contributed by atoms with van der Waals surface area (Å²) >= 11 is 5.88. The number of carbonyl (C=O) groups excluding carboxylic acids is 1. The highest BCUT2D eigenvalue weighted by Crippen LogP contribution is 2.33. The highest BCUT2D eigenvalue weighted by Gasteiger charge is 2.33. The summed E-state index contributed by atoms with van der Waals surface area (Å²) < 4.78 is 10.9. The lowest BCUT2D eigenvalue weighted by atomic mass is 10.1. The summed E-state index contributed by atoms with van der Waals surface area (Å²) in [7, 11) is 0. The number of fused-ring (bicyclic) bond motifs is 1. The quantitative estimate of drug-likeness (QED) is 0.303. The standard InChI is InChI=1S/C25H18ClNO3/c1-25(2)29-23-14-13-21(15-22(23)24(28)30-25)27-16-19-7-5-17(6-8-19)3-4-18-9-11-20(26)12-10-18/h5-16H,1-2H3. The molecule has 0 N–H and O–H groups in total. The number of nitrogens with zero attached hydrogens (tertiary/aromatic N) is 1. The number of carbonyl (C=O) groups is 1. The predicted molar refractivity (Wildman–Crippen MR) is 118 cm³/mol. The van der Waals surface area contributed by atoms with Crippen LogP contribution in [0.1, 0.15) is 40.9 Å². The molecule has 0 aromatic heterocycles. The zero-order valence-corrected chi connectivity index (χ0v) is 17.2. The van der Waals surface area contributed by atoms with Gasteiger partial charge < -0.3 is 9.47 Å². The van der Waals surface area contributed by atoms with E-state index in [-0.39, 0.29) is 0 Å². The zero-order valence-electron chi connectivity index (χ0n) is 16.5. The number of esters is 1. The van der Waals surface area contributed by atoms with Crippen LogP contribution < -0.4 is 4.74 Å². The maximum Gasteiger partial charge on any atom is 0.345 e. The molecule has 1 aliphatic heterocycles. The monoisotopic (exact) mass is 415 g/mol. The van der Waals surface area contributed by atoms with E-state index >= 15 is 0 Å². The number of aliphatic imine (C=N–C) groups is 1. The average Bonchev–Trinajstić information content (AvgIpc) is 2.72. The summed E-state index contributed by atoms with van der Waals surface area (Å²) in [6.07, 6.45) is 1.73. The molecule has 3 aromatic carbocycles. The number of halogens is 1. The maximum atomic E-state index is 12.2. The molecule has 0 radical (unpaired) electrons. The number of hydrogen-bond donors (Lipinski definition) is 0. The van der Waals surface area contributed by atoms with Crippen LogP contribution in [0.4, 0.5) is 5.69 Å². The molecule has 0 saturated heterocycles. The zero-order chi connectivity index (χ0) is 21.1. The van der Waals surface area contributed by atoms with Gasteiger partial charge in [-0.1, -0.05) is 35.6 Å². The van der Waals surface area contributed by atoms with Gasteiger partial charge in [-0.05, 0) is 60.2 Å². The van der Waals surface area contributed by atoms with Crippen molar-refractivity contribution in [1.82, 2.24) is 0 Å². The lowest BCUT2D eigenvalue weighted by Gasteiger charge is -2.31. The SMILES string of the molecule is CC1(C)OC(=O)c2cc(N=Cc3ccc(C#Cc4ccc(Cl)cc4)cc3)ccc2O1. The number of benzene rings is 3. The third-order valence-electron chi connectivity index (χ3n) is 4.35. The Morgan fingerprint density at radius 3 is 2.20 bits per heavy atom. The first-order valence-corrected chi connectivity index (χ1v) is 9.74. The molecule has 5 heteroatoms. The van der Waals surface area contributed by atoms with Crippen molar-refractivity contribution in [1.29, 1.82) is 0 Å². The highest BCUT2D eigenvalue weighted by atomic mass is 35.5. The van der Waals surface area contributed by atoms with Crippen molar-refractivity contribution >= 4 is 29.5 Å². The van der Waals surface area contributed by atoms with Gasteiger partial charge in [-0.3, -0.25) is 4.99 Å². The van der Waals surface area contributed by atoms with Crippen LogP contribution in [0.15, 0.2) is 71.7 Å². The van der Waals surface area contributed by atoms with E-state index in [4.69, 9.17) is 21.1 Å². The fraction of sp³-hybridized carbons (Fsp3) is 0.120. The summed E-state index contributed by atoms with van der Waals surface area (Å²) in [5, 5.41) is 0.691. The molecule has 0 bridgehead atoms. The molecule has 0 unspecified atom stereocenters. The second kappa shape index (κ2) is 8.06. The molecule has 4 nitrogen and oxygen atoms in total. The fourth-order valence-electron chi connectivity index (χ4n) is 2.89. The molecule has 0 aliphatic carbocycles. The van der Waals surface area contributed by atoms with Crippen LogP contribution in [0.25, 0.3) is 0 Å². The third-order valence-corrected chi connectivity index (χ3v) is 4.60. The molecule has 0 spiro atoms. The summed E-state index contributed by atoms with van der Waals surface area (Å²) in [6.45, 7) is 3.40. The van der Waals surface area contributed by atoms with Gasteiger partial charge in [0.25, 0.3) is 0 Å². The second-order valence-electron chi connectivity index (χ2n) is 7.21. The third kappa shape index (κ3) is 4.71. The largest absolute Gasteiger partial charge is 0.452 e. The molecule has 1 aliphatic rings. The molecule has 30 heavy (non-hydrogen) atoms. The Hall–Kier alpha value is -3.55. The van der Waals surface area contributed by atoms with Gasteiger partial charge in [0.1, 0.15) is 11.3 Å². The Kier molecular flexibility index (Phi) is 5.31. The van der Waals surface area contributed by atoms with E-state index in [1.54, 1.807) is 38.3 Å². The Morgan fingerprint density at radius 2 is 1.53 bits per heavy atom. The first-order valence-electron chi connectivity index (χ1n) is 9.36. The van der Waals surface area contributed by atoms with Gasteiger partial charge in [-0.25, -0.2) is 4.79 Å². The molecule has 0 fully saturated rings. The number of rotatable bonds is 2. The van der Waals surface area contributed by atoms with Crippen molar-refractivity contribution < 1.29 is 14.3 Å². The number of hydrogen-bond acceptors (Lipinski definition) is 4. The number of ether oxygens (including phenoxy) is 2. The van der Waals surface area contributed by atoms with Gasteiger partial charge in [0.2, 0.25) is 5.79 Å². The smallest absolute Gasteiger partial charge is 0.345 e. The van der Waals surface area contributed by atoms with Crippen LogP contribution in [0.2, 0.25) is 5.02 Å². The lowest BCUT2D eigenvalue weighted by molar-refractivity contribution is -0.127. The maximum absolute atomic E-state index is 12.2. The van der Waals surface area contributed by atoms with Crippen LogP contribution in [-0.4, -0.2) is 18.0 Å². The van der Waals surface area contributed by atoms with E-state index in [1.807, 2.05) is 48.5 Å². The van der Waals surface area contributed by atoms with Crippen molar-refractivity contribution in [3.05, 3.63) is 94.0 Å². The summed E-state index contributed by atoms with van der Waals surface area (Å²) in [4.78, 5) is 16.6. The van der Waals surface area contributed by atoms with Crippen molar-refractivity contribution in [3.63, 3.8) is 0 Å². The van der Waals surface area contributed by atoms with Crippen LogP contribution >= 0.6 is 11.6 Å². The molecule has 0 atom stereocenters. The Bertz CT molecular complexity index is 1180. The van der Waals surface area contributed by atoms with E-state index in [0.717, 1.165) is 16.7 Å². The minimum Gasteiger partial charge on any atom is -0.452 e. The lowest BCUT2D eigenvalue weighted by Crippen LogP contribution is -2.38. The van der Waals surface area contributed by atoms with E-state index in [0.29, 0.717) is 22.0 Å². The normalized spacial score (nSPS) is 14.3. The van der Waals surface area contributed by atoms with Crippen LogP contribution in [0, 0.1) is 11.8 Å². The Morgan fingerprint density at radius 1 is 0.900 bits per heavy atom. The minimum absolute atomic E-state index is 0.372. The van der Waals surface area contributed by atoms with Gasteiger partial charge >= 0.3 is 5.97 Å². The van der Waals surface area contributed by atoms with Crippen molar-refractivity contribution in [3.8, 4) is 17.6 Å². The van der Waals surface area contributed by atoms with Gasteiger partial charge in [0.05, 0.1) is 5.69 Å². The predicted octanol–water partition coefficient (Wildman–Crippen LogP) is 5.78. The van der Waals surface area contributed by atoms with Gasteiger partial charge in [-0.2, -0.15) is 0 Å². The molecule has 4 rings (SSSR count). The Balaban J connectivity index is 1.47. The summed E-state index contributed by atoms with van der Waals surface area (Å²) in [5.41, 5.74) is 3.74. The molecular formula is C25H18ClNO3. The van der Waals surface area contributed by atoms with Crippen molar-refractivity contribution in [2.75, 3.05) is 0 Å². The van der Waals surface area contributed by atoms with E-state index in [9.17, 15) is 4.79 Å². The van der Waals surface area contributed by atoms with Gasteiger partial charge in [-0.15, -0.1) is 0 Å². The average molecular weight is 416 g/mol. The van der Waals surface area contributed by atoms with Crippen molar-refractivity contribution in [2.24, 2.45) is 4.99 Å². The molecule has 1 heterocycles. The van der Waals surface area contributed by atoms with Crippen molar-refractivity contribution in [2.45, 2.75) is 19.6 Å². The van der Waals surface area contributed by atoms with Gasteiger partial charge in [0, 0.05) is 36.2 Å². The number of cyclic esters (lactones) is 1. The Labute approximate surface area is 180 Å². The van der Waals surface area contributed by atoms with Gasteiger partial charge in [0.15, 0.2) is 0 Å². The molecule has 0 saturated carbocycles. The van der Waals surface area contributed by atoms with E-state index in [1.165, 1.54) is 0 Å².